The first-order valence-electron chi connectivity index (χ1n) is 8.29. The summed E-state index contributed by atoms with van der Waals surface area (Å²) in [5, 5.41) is 16.3. The number of para-hydroxylation sites is 2. The van der Waals surface area contributed by atoms with E-state index in [0.717, 1.165) is 24.3 Å². The molecule has 0 atom stereocenters. The monoisotopic (exact) mass is 410 g/mol. The number of hydrogen-bond donors (Lipinski definition) is 3. The molecule has 0 radical (unpaired) electrons. The van der Waals surface area contributed by atoms with Crippen molar-refractivity contribution >= 4 is 27.3 Å². The Kier molecular flexibility index (Phi) is 7.41. The third-order valence-electron chi connectivity index (χ3n) is 3.63. The molecule has 0 aliphatic carbocycles. The highest BCUT2D eigenvalue weighted by atomic mass is 32.2. The van der Waals surface area contributed by atoms with Gasteiger partial charge in [0, 0.05) is 32.1 Å². The number of nitrogens with zero attached hydrogens (tertiary/aromatic N) is 1. The number of nitrogens with one attached hydrogen (secondary N) is 3. The number of halogens is 1. The van der Waals surface area contributed by atoms with Crippen molar-refractivity contribution in [1.82, 2.24) is 10.0 Å². The van der Waals surface area contributed by atoms with Crippen molar-refractivity contribution in [2.24, 2.45) is 0 Å². The molecule has 28 heavy (non-hydrogen) atoms. The van der Waals surface area contributed by atoms with Gasteiger partial charge in [-0.2, -0.15) is 0 Å². The Morgan fingerprint density at radius 3 is 2.39 bits per heavy atom. The van der Waals surface area contributed by atoms with Gasteiger partial charge in [0.2, 0.25) is 15.9 Å². The summed E-state index contributed by atoms with van der Waals surface area (Å²) in [4.78, 5) is 22.1. The zero-order valence-corrected chi connectivity index (χ0v) is 15.5. The van der Waals surface area contributed by atoms with Gasteiger partial charge in [-0.15, -0.1) is 0 Å². The van der Waals surface area contributed by atoms with Crippen LogP contribution in [-0.2, 0) is 14.8 Å². The van der Waals surface area contributed by atoms with Crippen molar-refractivity contribution in [3.8, 4) is 0 Å². The van der Waals surface area contributed by atoms with Gasteiger partial charge in [0.05, 0.1) is 9.82 Å². The van der Waals surface area contributed by atoms with E-state index in [0.29, 0.717) is 5.69 Å². The minimum Gasteiger partial charge on any atom is -0.378 e. The number of carbonyl (C=O) groups excluding carboxylic acids is 1. The Morgan fingerprint density at radius 2 is 1.71 bits per heavy atom. The smallest absolute Gasteiger partial charge is 0.292 e. The zero-order chi connectivity index (χ0) is 20.6. The average molecular weight is 410 g/mol. The van der Waals surface area contributed by atoms with E-state index >= 15 is 0 Å². The summed E-state index contributed by atoms with van der Waals surface area (Å²) < 4.78 is 39.1. The van der Waals surface area contributed by atoms with Crippen LogP contribution in [0.25, 0.3) is 0 Å². The summed E-state index contributed by atoms with van der Waals surface area (Å²) in [6.45, 7) is 0.344. The second-order valence-corrected chi connectivity index (χ2v) is 7.42. The molecule has 0 unspecified atom stereocenters. The minimum atomic E-state index is -3.82. The van der Waals surface area contributed by atoms with Gasteiger partial charge in [0.1, 0.15) is 11.5 Å². The maximum Gasteiger partial charge on any atom is 0.292 e. The predicted molar refractivity (Wildman–Crippen MR) is 101 cm³/mol. The standard InChI is InChI=1S/C17H19FN4O5S/c18-13-5-7-14(8-6-13)28(26,27)21-10-9-17(23)20-12-11-19-15-3-1-2-4-16(15)22(24)25/h1-8,19,21H,9-12H2,(H,20,23). The van der Waals surface area contributed by atoms with Gasteiger partial charge in [-0.1, -0.05) is 12.1 Å². The minimum absolute atomic E-state index is 0.0657. The normalized spacial score (nSPS) is 11.0. The molecule has 0 fully saturated rings. The molecule has 11 heteroatoms. The molecule has 0 spiro atoms. The van der Waals surface area contributed by atoms with Crippen molar-refractivity contribution in [2.75, 3.05) is 25.0 Å². The first-order valence-corrected chi connectivity index (χ1v) is 9.77. The van der Waals surface area contributed by atoms with Crippen LogP contribution in [0.2, 0.25) is 0 Å². The lowest BCUT2D eigenvalue weighted by Gasteiger charge is -2.09. The van der Waals surface area contributed by atoms with Crippen LogP contribution in [-0.4, -0.2) is 38.9 Å². The molecular weight excluding hydrogens is 391 g/mol. The Bertz CT molecular complexity index is 935. The second-order valence-electron chi connectivity index (χ2n) is 5.65. The number of anilines is 1. The van der Waals surface area contributed by atoms with Crippen LogP contribution in [0.1, 0.15) is 6.42 Å². The molecule has 0 aliphatic rings. The maximum atomic E-state index is 12.8. The quantitative estimate of drug-likeness (QED) is 0.310. The lowest BCUT2D eigenvalue weighted by Crippen LogP contribution is -2.33. The lowest BCUT2D eigenvalue weighted by atomic mass is 10.2. The highest BCUT2D eigenvalue weighted by Crippen LogP contribution is 2.22. The van der Waals surface area contributed by atoms with E-state index in [9.17, 15) is 27.7 Å². The van der Waals surface area contributed by atoms with Crippen LogP contribution in [0.3, 0.4) is 0 Å². The molecule has 2 rings (SSSR count). The molecule has 3 N–H and O–H groups in total. The number of sulfonamides is 1. The number of rotatable bonds is 10. The molecule has 0 bridgehead atoms. The largest absolute Gasteiger partial charge is 0.378 e. The number of benzene rings is 2. The maximum absolute atomic E-state index is 12.8. The van der Waals surface area contributed by atoms with Crippen LogP contribution in [0, 0.1) is 15.9 Å². The van der Waals surface area contributed by atoms with E-state index in [2.05, 4.69) is 15.4 Å². The summed E-state index contributed by atoms with van der Waals surface area (Å²) >= 11 is 0. The topological polar surface area (TPSA) is 130 Å². The number of nitro groups is 1. The Morgan fingerprint density at radius 1 is 1.04 bits per heavy atom. The fourth-order valence-electron chi connectivity index (χ4n) is 2.27. The van der Waals surface area contributed by atoms with E-state index < -0.39 is 20.8 Å². The van der Waals surface area contributed by atoms with Gasteiger partial charge < -0.3 is 10.6 Å². The summed E-state index contributed by atoms with van der Waals surface area (Å²) in [6, 6.07) is 10.5. The van der Waals surface area contributed by atoms with Crippen LogP contribution in [0.4, 0.5) is 15.8 Å². The fraction of sp³-hybridized carbons (Fsp3) is 0.235. The van der Waals surface area contributed by atoms with Crippen LogP contribution >= 0.6 is 0 Å². The van der Waals surface area contributed by atoms with Crippen molar-refractivity contribution in [2.45, 2.75) is 11.3 Å². The van der Waals surface area contributed by atoms with Gasteiger partial charge in [0.15, 0.2) is 0 Å². The molecule has 1 amide bonds. The summed E-state index contributed by atoms with van der Waals surface area (Å²) in [7, 11) is -3.82. The van der Waals surface area contributed by atoms with Crippen molar-refractivity contribution in [1.29, 1.82) is 0 Å². The highest BCUT2D eigenvalue weighted by molar-refractivity contribution is 7.89. The number of nitro benzene ring substituents is 1. The number of carbonyl (C=O) groups is 1. The van der Waals surface area contributed by atoms with Crippen LogP contribution in [0.5, 0.6) is 0 Å². The fourth-order valence-corrected chi connectivity index (χ4v) is 3.30. The molecule has 0 saturated heterocycles. The SMILES string of the molecule is O=C(CCNS(=O)(=O)c1ccc(F)cc1)NCCNc1ccccc1[N+](=O)[O-]. The third-order valence-corrected chi connectivity index (χ3v) is 5.11. The number of amides is 1. The molecule has 2 aromatic rings. The Balaban J connectivity index is 1.71. The summed E-state index contributed by atoms with van der Waals surface area (Å²) in [5.74, 6) is -0.932. The average Bonchev–Trinajstić information content (AvgIpc) is 2.65. The van der Waals surface area contributed by atoms with Gasteiger partial charge >= 0.3 is 0 Å². The van der Waals surface area contributed by atoms with Crippen molar-refractivity contribution in [3.63, 3.8) is 0 Å². The first-order chi connectivity index (χ1) is 13.3. The predicted octanol–water partition coefficient (Wildman–Crippen LogP) is 1.63. The van der Waals surface area contributed by atoms with E-state index in [1.54, 1.807) is 18.2 Å². The molecule has 2 aromatic carbocycles. The second kappa shape index (κ2) is 9.76. The van der Waals surface area contributed by atoms with Gasteiger partial charge in [-0.05, 0) is 30.3 Å². The van der Waals surface area contributed by atoms with Crippen molar-refractivity contribution in [3.05, 3.63) is 64.5 Å². The zero-order valence-electron chi connectivity index (χ0n) is 14.7. The summed E-state index contributed by atoms with van der Waals surface area (Å²) in [6.07, 6.45) is -0.0914. The van der Waals surface area contributed by atoms with E-state index in [-0.39, 0.29) is 42.5 Å². The van der Waals surface area contributed by atoms with Crippen LogP contribution < -0.4 is 15.4 Å². The van der Waals surface area contributed by atoms with E-state index in [1.165, 1.54) is 6.07 Å². The van der Waals surface area contributed by atoms with Gasteiger partial charge in [0.25, 0.3) is 5.69 Å². The first kappa shape index (κ1) is 21.3. The van der Waals surface area contributed by atoms with Gasteiger partial charge in [-0.3, -0.25) is 14.9 Å². The molecule has 0 heterocycles. The van der Waals surface area contributed by atoms with Crippen LogP contribution in [0.15, 0.2) is 53.4 Å². The molecule has 0 aliphatic heterocycles. The lowest BCUT2D eigenvalue weighted by molar-refractivity contribution is -0.384. The third kappa shape index (κ3) is 6.28. The van der Waals surface area contributed by atoms with Gasteiger partial charge in [-0.25, -0.2) is 17.5 Å². The summed E-state index contributed by atoms with van der Waals surface area (Å²) in [5.41, 5.74) is 0.276. The van der Waals surface area contributed by atoms with E-state index in [1.807, 2.05) is 0 Å². The molecule has 0 saturated carbocycles. The Hall–Kier alpha value is -3.05. The van der Waals surface area contributed by atoms with Crippen molar-refractivity contribution < 1.29 is 22.5 Å². The molecule has 0 aromatic heterocycles. The molecule has 9 nitrogen and oxygen atoms in total. The Labute approximate surface area is 161 Å². The molecule has 150 valence electrons. The molecular formula is C17H19FN4O5S. The van der Waals surface area contributed by atoms with E-state index in [4.69, 9.17) is 0 Å². The number of hydrogen-bond acceptors (Lipinski definition) is 6. The highest BCUT2D eigenvalue weighted by Gasteiger charge is 2.14.